The summed E-state index contributed by atoms with van der Waals surface area (Å²) >= 11 is 3.29. The lowest BCUT2D eigenvalue weighted by Crippen LogP contribution is -2.53. The van der Waals surface area contributed by atoms with Crippen molar-refractivity contribution in [3.05, 3.63) is 82.3 Å². The van der Waals surface area contributed by atoms with E-state index < -0.39 is 41.6 Å². The first-order valence-electron chi connectivity index (χ1n) is 13.3. The fourth-order valence-electron chi connectivity index (χ4n) is 5.07. The van der Waals surface area contributed by atoms with Gasteiger partial charge in [-0.2, -0.15) is 0 Å². The van der Waals surface area contributed by atoms with Crippen molar-refractivity contribution >= 4 is 33.7 Å². The number of aliphatic hydroxyl groups excluding tert-OH is 1. The van der Waals surface area contributed by atoms with Crippen LogP contribution >= 0.6 is 15.9 Å². The molecule has 0 spiro atoms. The van der Waals surface area contributed by atoms with Crippen LogP contribution in [0.2, 0.25) is 0 Å². The van der Waals surface area contributed by atoms with Crippen molar-refractivity contribution in [1.29, 1.82) is 0 Å². The Morgan fingerprint density at radius 2 is 1.64 bits per heavy atom. The van der Waals surface area contributed by atoms with E-state index in [0.29, 0.717) is 19.3 Å². The van der Waals surface area contributed by atoms with E-state index in [1.54, 1.807) is 0 Å². The molecule has 4 rings (SSSR count). The van der Waals surface area contributed by atoms with Gasteiger partial charge in [-0.25, -0.2) is 9.69 Å². The summed E-state index contributed by atoms with van der Waals surface area (Å²) in [4.78, 5) is 41.3. The summed E-state index contributed by atoms with van der Waals surface area (Å²) in [6.45, 7) is 0.161. The van der Waals surface area contributed by atoms with E-state index in [4.69, 9.17) is 14.6 Å². The zero-order valence-corrected chi connectivity index (χ0v) is 23.3. The summed E-state index contributed by atoms with van der Waals surface area (Å²) in [6.07, 6.45) is 2.80. The molecule has 1 saturated heterocycles. The lowest BCUT2D eigenvalue weighted by atomic mass is 9.87. The van der Waals surface area contributed by atoms with Gasteiger partial charge in [0.15, 0.2) is 11.6 Å². The number of hydrogen-bond donors (Lipinski definition) is 2. The molecule has 2 heterocycles. The SMILES string of the molecule is O=C1C=C(Br)[C@](O)(CCCCCCO)O[C@@H]1[C@H](Cc1ccccc1)C(=O)N1C(=O)OC[C@H]1Cc1ccccc1. The van der Waals surface area contributed by atoms with E-state index in [1.807, 2.05) is 60.7 Å². The zero-order chi connectivity index (χ0) is 27.8. The minimum atomic E-state index is -1.79. The van der Waals surface area contributed by atoms with E-state index in [0.717, 1.165) is 28.9 Å². The molecule has 39 heavy (non-hydrogen) atoms. The van der Waals surface area contributed by atoms with Gasteiger partial charge in [-0.15, -0.1) is 0 Å². The Morgan fingerprint density at radius 1 is 1.00 bits per heavy atom. The van der Waals surface area contributed by atoms with Crippen LogP contribution in [0.5, 0.6) is 0 Å². The van der Waals surface area contributed by atoms with Crippen LogP contribution in [-0.2, 0) is 31.9 Å². The lowest BCUT2D eigenvalue weighted by molar-refractivity contribution is -0.218. The smallest absolute Gasteiger partial charge is 0.416 e. The maximum absolute atomic E-state index is 14.1. The van der Waals surface area contributed by atoms with Crippen molar-refractivity contribution in [1.82, 2.24) is 4.90 Å². The quantitative estimate of drug-likeness (QED) is 0.349. The normalized spacial score (nSPS) is 23.9. The van der Waals surface area contributed by atoms with Crippen LogP contribution in [0.15, 0.2) is 71.2 Å². The molecule has 0 radical (unpaired) electrons. The van der Waals surface area contributed by atoms with E-state index in [1.165, 1.54) is 6.08 Å². The van der Waals surface area contributed by atoms with Crippen molar-refractivity contribution in [2.75, 3.05) is 13.2 Å². The molecule has 2 amide bonds. The molecule has 2 aliphatic heterocycles. The predicted molar refractivity (Wildman–Crippen MR) is 148 cm³/mol. The highest BCUT2D eigenvalue weighted by molar-refractivity contribution is 9.11. The first-order valence-corrected chi connectivity index (χ1v) is 14.1. The number of hydrogen-bond acceptors (Lipinski definition) is 7. The molecule has 0 aromatic heterocycles. The number of cyclic esters (lactones) is 1. The molecule has 4 atom stereocenters. The van der Waals surface area contributed by atoms with E-state index in [2.05, 4.69) is 15.9 Å². The first-order chi connectivity index (χ1) is 18.8. The zero-order valence-electron chi connectivity index (χ0n) is 21.7. The van der Waals surface area contributed by atoms with Crippen molar-refractivity contribution in [2.24, 2.45) is 5.92 Å². The third-order valence-corrected chi connectivity index (χ3v) is 8.01. The molecule has 0 aliphatic carbocycles. The summed E-state index contributed by atoms with van der Waals surface area (Å²) in [5, 5.41) is 20.4. The molecule has 0 unspecified atom stereocenters. The number of carbonyl (C=O) groups is 3. The molecular formula is C30H34BrNO7. The lowest BCUT2D eigenvalue weighted by Gasteiger charge is -2.38. The number of halogens is 1. The van der Waals surface area contributed by atoms with Crippen LogP contribution in [0.3, 0.4) is 0 Å². The van der Waals surface area contributed by atoms with Crippen LogP contribution in [0.1, 0.15) is 43.2 Å². The topological polar surface area (TPSA) is 113 Å². The number of unbranched alkanes of at least 4 members (excludes halogenated alkanes) is 3. The third kappa shape index (κ3) is 7.22. The molecule has 2 aromatic carbocycles. The van der Waals surface area contributed by atoms with Crippen LogP contribution in [0.4, 0.5) is 4.79 Å². The fraction of sp³-hybridized carbons (Fsp3) is 0.433. The summed E-state index contributed by atoms with van der Waals surface area (Å²) in [5.41, 5.74) is 1.74. The van der Waals surface area contributed by atoms with Gasteiger partial charge in [-0.05, 0) is 58.8 Å². The molecule has 208 valence electrons. The number of ketones is 1. The van der Waals surface area contributed by atoms with Crippen molar-refractivity contribution in [3.63, 3.8) is 0 Å². The number of carbonyl (C=O) groups excluding carboxylic acids is 3. The van der Waals surface area contributed by atoms with Crippen molar-refractivity contribution in [2.45, 2.75) is 62.9 Å². The summed E-state index contributed by atoms with van der Waals surface area (Å²) in [7, 11) is 0. The average molecular weight is 601 g/mol. The highest BCUT2D eigenvalue weighted by atomic mass is 79.9. The van der Waals surface area contributed by atoms with E-state index in [-0.39, 0.29) is 30.5 Å². The van der Waals surface area contributed by atoms with Gasteiger partial charge >= 0.3 is 6.09 Å². The summed E-state index contributed by atoms with van der Waals surface area (Å²) in [5.74, 6) is -3.89. The van der Waals surface area contributed by atoms with Gasteiger partial charge in [-0.3, -0.25) is 9.59 Å². The number of benzene rings is 2. The van der Waals surface area contributed by atoms with Gasteiger partial charge in [-0.1, -0.05) is 73.5 Å². The van der Waals surface area contributed by atoms with E-state index >= 15 is 0 Å². The predicted octanol–water partition coefficient (Wildman–Crippen LogP) is 4.31. The molecular weight excluding hydrogens is 566 g/mol. The van der Waals surface area contributed by atoms with Gasteiger partial charge in [0.2, 0.25) is 5.91 Å². The monoisotopic (exact) mass is 599 g/mol. The van der Waals surface area contributed by atoms with Gasteiger partial charge < -0.3 is 19.7 Å². The molecule has 2 aromatic rings. The average Bonchev–Trinajstić information content (AvgIpc) is 3.30. The first kappa shape index (κ1) is 29.1. The summed E-state index contributed by atoms with van der Waals surface area (Å²) < 4.78 is 11.5. The third-order valence-electron chi connectivity index (χ3n) is 7.16. The Morgan fingerprint density at radius 3 is 2.31 bits per heavy atom. The maximum Gasteiger partial charge on any atom is 0.416 e. The Kier molecular flexibility index (Phi) is 10.1. The number of imide groups is 1. The molecule has 2 aliphatic rings. The second-order valence-electron chi connectivity index (χ2n) is 10.0. The van der Waals surface area contributed by atoms with Gasteiger partial charge in [0.05, 0.1) is 16.4 Å². The second-order valence-corrected chi connectivity index (χ2v) is 10.9. The summed E-state index contributed by atoms with van der Waals surface area (Å²) in [6, 6.07) is 18.2. The number of nitrogens with zero attached hydrogens (tertiary/aromatic N) is 1. The minimum absolute atomic E-state index is 0.0558. The van der Waals surface area contributed by atoms with Crippen molar-refractivity contribution < 1.29 is 34.1 Å². The van der Waals surface area contributed by atoms with Gasteiger partial charge in [0, 0.05) is 13.0 Å². The molecule has 9 heteroatoms. The Labute approximate surface area is 236 Å². The Bertz CT molecular complexity index is 1170. The minimum Gasteiger partial charge on any atom is -0.447 e. The maximum atomic E-state index is 14.1. The standard InChI is InChI=1S/C30H34BrNO7/c31-26-19-25(34)27(39-30(26,37)15-9-1-2-10-16-33)24(18-22-13-7-4-8-14-22)28(35)32-23(20-38-29(32)36)17-21-11-5-3-6-12-21/h3-8,11-14,19,23-24,27,33,37H,1-2,9-10,15-18,20H2/t23-,24+,27-,30+/m1/s1. The largest absolute Gasteiger partial charge is 0.447 e. The van der Waals surface area contributed by atoms with Crippen LogP contribution in [-0.4, -0.2) is 64.0 Å². The number of rotatable bonds is 12. The second kappa shape index (κ2) is 13.5. The molecule has 2 N–H and O–H groups in total. The van der Waals surface area contributed by atoms with Crippen molar-refractivity contribution in [3.8, 4) is 0 Å². The fourth-order valence-corrected chi connectivity index (χ4v) is 5.59. The van der Waals surface area contributed by atoms with Gasteiger partial charge in [0.25, 0.3) is 0 Å². The van der Waals surface area contributed by atoms with Crippen LogP contribution in [0, 0.1) is 5.92 Å². The number of ether oxygens (including phenoxy) is 2. The number of aliphatic hydroxyl groups is 2. The van der Waals surface area contributed by atoms with E-state index in [9.17, 15) is 19.5 Å². The highest BCUT2D eigenvalue weighted by Crippen LogP contribution is 2.38. The Hall–Kier alpha value is -2.85. The molecule has 0 bridgehead atoms. The molecule has 1 fully saturated rings. The highest BCUT2D eigenvalue weighted by Gasteiger charge is 2.49. The van der Waals surface area contributed by atoms with Crippen LogP contribution < -0.4 is 0 Å². The Balaban J connectivity index is 1.60. The molecule has 8 nitrogen and oxygen atoms in total. The molecule has 0 saturated carbocycles. The van der Waals surface area contributed by atoms with Gasteiger partial charge in [0.1, 0.15) is 12.7 Å². The van der Waals surface area contributed by atoms with Crippen LogP contribution in [0.25, 0.3) is 0 Å². The number of amides is 2.